The summed E-state index contributed by atoms with van der Waals surface area (Å²) < 4.78 is 0. The molecule has 10 nitrogen and oxygen atoms in total. The maximum Gasteiger partial charge on any atom is 0.318 e. The molecule has 0 aliphatic heterocycles. The normalized spacial score (nSPS) is 11.1. The Hall–Kier alpha value is -3.95. The van der Waals surface area contributed by atoms with Crippen LogP contribution in [0.3, 0.4) is 0 Å². The van der Waals surface area contributed by atoms with Crippen molar-refractivity contribution in [3.05, 3.63) is 64.2 Å². The highest BCUT2D eigenvalue weighted by molar-refractivity contribution is 6.01. The van der Waals surface area contributed by atoms with Crippen LogP contribution in [-0.2, 0) is 4.79 Å². The van der Waals surface area contributed by atoms with Crippen molar-refractivity contribution >= 4 is 34.9 Å². The first-order valence-corrected chi connectivity index (χ1v) is 8.25. The van der Waals surface area contributed by atoms with Crippen molar-refractivity contribution < 1.29 is 19.3 Å². The summed E-state index contributed by atoms with van der Waals surface area (Å²) in [6.45, 7) is 1.49. The van der Waals surface area contributed by atoms with Gasteiger partial charge in [-0.15, -0.1) is 0 Å². The quantitative estimate of drug-likeness (QED) is 0.445. The van der Waals surface area contributed by atoms with Gasteiger partial charge in [-0.2, -0.15) is 0 Å². The van der Waals surface area contributed by atoms with E-state index in [1.165, 1.54) is 32.2 Å². The summed E-state index contributed by atoms with van der Waals surface area (Å²) in [6, 6.07) is 10.4. The zero-order valence-electron chi connectivity index (χ0n) is 15.2. The number of nitrogens with zero attached hydrogens (tertiary/aromatic N) is 1. The van der Waals surface area contributed by atoms with Crippen molar-refractivity contribution in [1.29, 1.82) is 0 Å². The fourth-order valence-electron chi connectivity index (χ4n) is 2.19. The van der Waals surface area contributed by atoms with E-state index >= 15 is 0 Å². The Balaban J connectivity index is 1.95. The molecule has 1 unspecified atom stereocenters. The van der Waals surface area contributed by atoms with E-state index in [9.17, 15) is 24.5 Å². The fraction of sp³-hybridized carbons (Fsp3) is 0.167. The minimum atomic E-state index is -0.879. The van der Waals surface area contributed by atoms with Gasteiger partial charge in [-0.1, -0.05) is 6.07 Å². The Labute approximate surface area is 160 Å². The van der Waals surface area contributed by atoms with E-state index in [0.29, 0.717) is 11.4 Å². The van der Waals surface area contributed by atoms with Crippen LogP contribution in [0.5, 0.6) is 0 Å². The summed E-state index contributed by atoms with van der Waals surface area (Å²) in [4.78, 5) is 45.9. The molecule has 0 heterocycles. The highest BCUT2D eigenvalue weighted by atomic mass is 16.6. The van der Waals surface area contributed by atoms with E-state index < -0.39 is 22.8 Å². The van der Waals surface area contributed by atoms with E-state index in [1.54, 1.807) is 24.3 Å². The van der Waals surface area contributed by atoms with Crippen LogP contribution < -0.4 is 21.3 Å². The third kappa shape index (κ3) is 5.53. The Kier molecular flexibility index (Phi) is 6.63. The molecule has 28 heavy (non-hydrogen) atoms. The molecule has 4 N–H and O–H groups in total. The zero-order valence-corrected chi connectivity index (χ0v) is 15.2. The number of amides is 4. The Morgan fingerprint density at radius 1 is 1.00 bits per heavy atom. The number of nitro groups is 1. The minimum Gasteiger partial charge on any atom is -0.341 e. The lowest BCUT2D eigenvalue weighted by molar-refractivity contribution is -0.384. The van der Waals surface area contributed by atoms with Crippen LogP contribution in [0, 0.1) is 10.1 Å². The molecule has 0 aromatic heterocycles. The molecule has 4 amide bonds. The molecule has 2 aromatic rings. The lowest BCUT2D eigenvalue weighted by Crippen LogP contribution is -2.41. The number of carbonyl (C=O) groups excluding carboxylic acids is 3. The lowest BCUT2D eigenvalue weighted by atomic mass is 10.1. The van der Waals surface area contributed by atoms with Crippen LogP contribution >= 0.6 is 0 Å². The van der Waals surface area contributed by atoms with E-state index in [4.69, 9.17) is 0 Å². The molecular formula is C18H19N5O5. The molecule has 1 atom stereocenters. The minimum absolute atomic E-state index is 0.0819. The van der Waals surface area contributed by atoms with Gasteiger partial charge >= 0.3 is 6.03 Å². The van der Waals surface area contributed by atoms with Gasteiger partial charge in [-0.05, 0) is 37.3 Å². The Morgan fingerprint density at radius 3 is 2.18 bits per heavy atom. The van der Waals surface area contributed by atoms with Crippen LogP contribution in [-0.4, -0.2) is 35.9 Å². The monoisotopic (exact) mass is 385 g/mol. The molecule has 2 aromatic carbocycles. The maximum atomic E-state index is 12.2. The van der Waals surface area contributed by atoms with E-state index in [-0.39, 0.29) is 17.3 Å². The second kappa shape index (κ2) is 9.12. The van der Waals surface area contributed by atoms with Gasteiger partial charge in [0.25, 0.3) is 11.6 Å². The molecule has 0 saturated carbocycles. The van der Waals surface area contributed by atoms with Crippen LogP contribution in [0.4, 0.5) is 21.9 Å². The van der Waals surface area contributed by atoms with Crippen LogP contribution in [0.2, 0.25) is 0 Å². The zero-order chi connectivity index (χ0) is 20.7. The van der Waals surface area contributed by atoms with Crippen LogP contribution in [0.1, 0.15) is 17.3 Å². The molecule has 0 aliphatic carbocycles. The first-order chi connectivity index (χ1) is 13.3. The summed E-state index contributed by atoms with van der Waals surface area (Å²) in [7, 11) is 1.49. The van der Waals surface area contributed by atoms with Crippen LogP contribution in [0.15, 0.2) is 48.5 Å². The second-order valence-corrected chi connectivity index (χ2v) is 5.77. The van der Waals surface area contributed by atoms with Crippen molar-refractivity contribution in [2.45, 2.75) is 13.0 Å². The number of carbonyl (C=O) groups is 3. The van der Waals surface area contributed by atoms with E-state index in [2.05, 4.69) is 21.3 Å². The number of non-ortho nitro benzene ring substituents is 1. The molecule has 0 radical (unpaired) electrons. The Bertz CT molecular complexity index is 897. The third-order valence-corrected chi connectivity index (χ3v) is 3.70. The molecule has 0 fully saturated rings. The number of nitrogens with one attached hydrogen (secondary N) is 4. The number of rotatable bonds is 6. The first-order valence-electron chi connectivity index (χ1n) is 8.25. The highest BCUT2D eigenvalue weighted by Crippen LogP contribution is 2.15. The van der Waals surface area contributed by atoms with Crippen molar-refractivity contribution in [1.82, 2.24) is 10.6 Å². The van der Waals surface area contributed by atoms with Gasteiger partial charge in [0, 0.05) is 36.1 Å². The number of benzene rings is 2. The molecular weight excluding hydrogens is 366 g/mol. The third-order valence-electron chi connectivity index (χ3n) is 3.70. The number of nitro benzene ring substituents is 1. The summed E-state index contributed by atoms with van der Waals surface area (Å²) in [5.74, 6) is -1.07. The smallest absolute Gasteiger partial charge is 0.318 e. The number of hydrogen-bond acceptors (Lipinski definition) is 5. The number of hydrogen-bond donors (Lipinski definition) is 4. The second-order valence-electron chi connectivity index (χ2n) is 5.77. The van der Waals surface area contributed by atoms with Crippen molar-refractivity contribution in [3.8, 4) is 0 Å². The summed E-state index contributed by atoms with van der Waals surface area (Å²) in [5, 5.41) is 20.9. The molecule has 146 valence electrons. The maximum absolute atomic E-state index is 12.2. The summed E-state index contributed by atoms with van der Waals surface area (Å²) in [5.41, 5.74) is 0.891. The van der Waals surface area contributed by atoms with Crippen molar-refractivity contribution in [2.75, 3.05) is 17.7 Å². The lowest BCUT2D eigenvalue weighted by Gasteiger charge is -2.14. The van der Waals surface area contributed by atoms with Gasteiger partial charge in [-0.25, -0.2) is 4.79 Å². The van der Waals surface area contributed by atoms with Crippen LogP contribution in [0.25, 0.3) is 0 Å². The number of anilines is 2. The van der Waals surface area contributed by atoms with Gasteiger partial charge in [0.05, 0.1) is 4.92 Å². The van der Waals surface area contributed by atoms with Gasteiger partial charge in [0.2, 0.25) is 5.91 Å². The average molecular weight is 385 g/mol. The molecule has 0 saturated heterocycles. The fourth-order valence-corrected chi connectivity index (χ4v) is 2.19. The van der Waals surface area contributed by atoms with E-state index in [1.807, 2.05) is 0 Å². The van der Waals surface area contributed by atoms with Gasteiger partial charge in [0.15, 0.2) is 0 Å². The standard InChI is InChI=1S/C18H19N5O5/c1-11(20-17(25)12-4-3-5-15(10-12)23(27)28)16(24)21-13-6-8-14(9-7-13)22-18(26)19-2/h3-11H,1-2H3,(H,20,25)(H,21,24)(H2,19,22,26). The average Bonchev–Trinajstić information content (AvgIpc) is 2.69. The predicted molar refractivity (Wildman–Crippen MR) is 103 cm³/mol. The van der Waals surface area contributed by atoms with E-state index in [0.717, 1.165) is 6.07 Å². The molecule has 2 rings (SSSR count). The van der Waals surface area contributed by atoms with Crippen molar-refractivity contribution in [2.24, 2.45) is 0 Å². The Morgan fingerprint density at radius 2 is 1.61 bits per heavy atom. The molecule has 0 aliphatic rings. The largest absolute Gasteiger partial charge is 0.341 e. The topological polar surface area (TPSA) is 142 Å². The first kappa shape index (κ1) is 20.4. The highest BCUT2D eigenvalue weighted by Gasteiger charge is 2.18. The number of urea groups is 1. The SMILES string of the molecule is CNC(=O)Nc1ccc(NC(=O)C(C)NC(=O)c2cccc([N+](=O)[O-])c2)cc1. The molecule has 10 heteroatoms. The van der Waals surface area contributed by atoms with Gasteiger partial charge in [-0.3, -0.25) is 19.7 Å². The molecule has 0 spiro atoms. The molecule has 0 bridgehead atoms. The van der Waals surface area contributed by atoms with Gasteiger partial charge in [0.1, 0.15) is 6.04 Å². The summed E-state index contributed by atoms with van der Waals surface area (Å²) in [6.07, 6.45) is 0. The summed E-state index contributed by atoms with van der Waals surface area (Å²) >= 11 is 0. The van der Waals surface area contributed by atoms with Gasteiger partial charge < -0.3 is 21.3 Å². The predicted octanol–water partition coefficient (Wildman–Crippen LogP) is 2.10. The van der Waals surface area contributed by atoms with Crippen molar-refractivity contribution in [3.63, 3.8) is 0 Å².